The lowest BCUT2D eigenvalue weighted by Gasteiger charge is -2.31. The van der Waals surface area contributed by atoms with E-state index < -0.39 is 10.0 Å². The predicted octanol–water partition coefficient (Wildman–Crippen LogP) is 2.22. The van der Waals surface area contributed by atoms with E-state index in [4.69, 9.17) is 10.00 Å². The molecule has 1 fully saturated rings. The Morgan fingerprint density at radius 2 is 1.89 bits per heavy atom. The number of nitriles is 1. The molecule has 0 spiro atoms. The molecule has 0 unspecified atom stereocenters. The van der Waals surface area contributed by atoms with Gasteiger partial charge in [-0.1, -0.05) is 35.9 Å². The summed E-state index contributed by atoms with van der Waals surface area (Å²) in [6, 6.07) is 15.5. The molecular weight excluding hydrogens is 362 g/mol. The second-order valence-electron chi connectivity index (χ2n) is 6.64. The number of aryl methyl sites for hydroxylation is 1. The van der Waals surface area contributed by atoms with Gasteiger partial charge in [-0.05, 0) is 30.7 Å². The first kappa shape index (κ1) is 19.5. The molecule has 1 aliphatic heterocycles. The first-order valence-corrected chi connectivity index (χ1v) is 10.4. The Bertz CT molecular complexity index is 914. The zero-order chi connectivity index (χ0) is 19.3. The van der Waals surface area contributed by atoms with Gasteiger partial charge in [0, 0.05) is 19.6 Å². The Labute approximate surface area is 160 Å². The fourth-order valence-electron chi connectivity index (χ4n) is 3.04. The summed E-state index contributed by atoms with van der Waals surface area (Å²) in [6.07, 6.45) is 0. The highest BCUT2D eigenvalue weighted by Gasteiger charge is 2.24. The SMILES string of the molecule is Cc1ccc([C@H](CN2CCOCC2)NS(=O)(=O)c2cccc(C#N)c2)cc1. The van der Waals surface area contributed by atoms with Crippen molar-refractivity contribution in [1.29, 1.82) is 5.26 Å². The highest BCUT2D eigenvalue weighted by molar-refractivity contribution is 7.89. The minimum absolute atomic E-state index is 0.0978. The second-order valence-corrected chi connectivity index (χ2v) is 8.35. The van der Waals surface area contributed by atoms with E-state index in [2.05, 4.69) is 9.62 Å². The smallest absolute Gasteiger partial charge is 0.241 e. The molecule has 2 aromatic rings. The van der Waals surface area contributed by atoms with E-state index in [1.54, 1.807) is 12.1 Å². The molecule has 0 saturated carbocycles. The van der Waals surface area contributed by atoms with Gasteiger partial charge in [-0.2, -0.15) is 5.26 Å². The normalized spacial score (nSPS) is 16.6. The lowest BCUT2D eigenvalue weighted by atomic mass is 10.1. The average molecular weight is 385 g/mol. The number of nitrogens with zero attached hydrogens (tertiary/aromatic N) is 2. The monoisotopic (exact) mass is 385 g/mol. The molecule has 0 aliphatic carbocycles. The van der Waals surface area contributed by atoms with E-state index in [-0.39, 0.29) is 10.9 Å². The molecule has 1 saturated heterocycles. The molecule has 1 atom stereocenters. The van der Waals surface area contributed by atoms with Crippen molar-refractivity contribution in [2.45, 2.75) is 17.9 Å². The molecule has 0 radical (unpaired) electrons. The van der Waals surface area contributed by atoms with Crippen molar-refractivity contribution in [2.24, 2.45) is 0 Å². The largest absolute Gasteiger partial charge is 0.379 e. The maximum atomic E-state index is 12.9. The van der Waals surface area contributed by atoms with Crippen LogP contribution in [-0.2, 0) is 14.8 Å². The molecule has 1 aliphatic rings. The van der Waals surface area contributed by atoms with Crippen LogP contribution in [0.5, 0.6) is 0 Å². The van der Waals surface area contributed by atoms with Gasteiger partial charge in [0.05, 0.1) is 35.8 Å². The first-order chi connectivity index (χ1) is 13.0. The van der Waals surface area contributed by atoms with Crippen LogP contribution in [0.15, 0.2) is 53.4 Å². The minimum Gasteiger partial charge on any atom is -0.379 e. The predicted molar refractivity (Wildman–Crippen MR) is 103 cm³/mol. The molecule has 0 aromatic heterocycles. The van der Waals surface area contributed by atoms with E-state index in [9.17, 15) is 8.42 Å². The van der Waals surface area contributed by atoms with E-state index in [0.29, 0.717) is 25.3 Å². The lowest BCUT2D eigenvalue weighted by molar-refractivity contribution is 0.0345. The Morgan fingerprint density at radius 1 is 1.19 bits per heavy atom. The fourth-order valence-corrected chi connectivity index (χ4v) is 4.30. The van der Waals surface area contributed by atoms with Crippen LogP contribution in [0, 0.1) is 18.3 Å². The molecule has 142 valence electrons. The van der Waals surface area contributed by atoms with Gasteiger partial charge in [-0.25, -0.2) is 13.1 Å². The summed E-state index contributed by atoms with van der Waals surface area (Å²) in [5.41, 5.74) is 2.35. The molecule has 27 heavy (non-hydrogen) atoms. The standard InChI is InChI=1S/C20H23N3O3S/c1-16-5-7-18(8-6-16)20(15-23-9-11-26-12-10-23)22-27(24,25)19-4-2-3-17(13-19)14-21/h2-8,13,20,22H,9-12,15H2,1H3/t20-/m0/s1. The van der Waals surface area contributed by atoms with E-state index in [1.165, 1.54) is 12.1 Å². The van der Waals surface area contributed by atoms with Gasteiger partial charge < -0.3 is 4.74 Å². The number of benzene rings is 2. The summed E-state index contributed by atoms with van der Waals surface area (Å²) in [4.78, 5) is 2.29. The van der Waals surface area contributed by atoms with Gasteiger partial charge >= 0.3 is 0 Å². The number of sulfonamides is 1. The van der Waals surface area contributed by atoms with Gasteiger partial charge in [0.1, 0.15) is 0 Å². The Balaban J connectivity index is 1.87. The fraction of sp³-hybridized carbons (Fsp3) is 0.350. The molecule has 6 nitrogen and oxygen atoms in total. The van der Waals surface area contributed by atoms with Gasteiger partial charge in [0.2, 0.25) is 10.0 Å². The number of nitrogens with one attached hydrogen (secondary N) is 1. The van der Waals surface area contributed by atoms with E-state index >= 15 is 0 Å². The van der Waals surface area contributed by atoms with Crippen LogP contribution in [-0.4, -0.2) is 46.2 Å². The molecule has 3 rings (SSSR count). The third-order valence-electron chi connectivity index (χ3n) is 4.60. The van der Waals surface area contributed by atoms with Crippen LogP contribution in [0.3, 0.4) is 0 Å². The summed E-state index contributed by atoms with van der Waals surface area (Å²) in [5.74, 6) is 0. The minimum atomic E-state index is -3.76. The van der Waals surface area contributed by atoms with Crippen LogP contribution >= 0.6 is 0 Å². The van der Waals surface area contributed by atoms with Crippen LogP contribution in [0.4, 0.5) is 0 Å². The summed E-state index contributed by atoms with van der Waals surface area (Å²) < 4.78 is 34.1. The first-order valence-electron chi connectivity index (χ1n) is 8.87. The van der Waals surface area contributed by atoms with E-state index in [0.717, 1.165) is 24.2 Å². The van der Waals surface area contributed by atoms with Crippen LogP contribution in [0.2, 0.25) is 0 Å². The highest BCUT2D eigenvalue weighted by Crippen LogP contribution is 2.20. The number of hydrogen-bond donors (Lipinski definition) is 1. The van der Waals surface area contributed by atoms with Crippen molar-refractivity contribution in [1.82, 2.24) is 9.62 Å². The van der Waals surface area contributed by atoms with Crippen molar-refractivity contribution < 1.29 is 13.2 Å². The molecule has 2 aromatic carbocycles. The zero-order valence-corrected chi connectivity index (χ0v) is 16.1. The Kier molecular flexibility index (Phi) is 6.24. The zero-order valence-electron chi connectivity index (χ0n) is 15.3. The lowest BCUT2D eigenvalue weighted by Crippen LogP contribution is -2.43. The average Bonchev–Trinajstić information content (AvgIpc) is 2.69. The van der Waals surface area contributed by atoms with Crippen LogP contribution < -0.4 is 4.72 Å². The van der Waals surface area contributed by atoms with Crippen molar-refractivity contribution in [3.8, 4) is 6.07 Å². The van der Waals surface area contributed by atoms with Crippen molar-refractivity contribution in [2.75, 3.05) is 32.8 Å². The maximum Gasteiger partial charge on any atom is 0.241 e. The quantitative estimate of drug-likeness (QED) is 0.824. The molecular formula is C20H23N3O3S. The van der Waals surface area contributed by atoms with Crippen LogP contribution in [0.1, 0.15) is 22.7 Å². The van der Waals surface area contributed by atoms with E-state index in [1.807, 2.05) is 37.3 Å². The summed E-state index contributed by atoms with van der Waals surface area (Å²) in [6.45, 7) is 5.40. The molecule has 1 heterocycles. The van der Waals surface area contributed by atoms with Gasteiger partial charge in [0.15, 0.2) is 0 Å². The summed E-state index contributed by atoms with van der Waals surface area (Å²) in [5, 5.41) is 9.05. The summed E-state index contributed by atoms with van der Waals surface area (Å²) >= 11 is 0. The van der Waals surface area contributed by atoms with Gasteiger partial charge in [-0.3, -0.25) is 4.90 Å². The molecule has 0 bridgehead atoms. The third-order valence-corrected chi connectivity index (χ3v) is 6.06. The van der Waals surface area contributed by atoms with Crippen molar-refractivity contribution in [3.05, 3.63) is 65.2 Å². The third kappa shape index (κ3) is 5.15. The van der Waals surface area contributed by atoms with Crippen molar-refractivity contribution in [3.63, 3.8) is 0 Å². The highest BCUT2D eigenvalue weighted by atomic mass is 32.2. The molecule has 1 N–H and O–H groups in total. The number of morpholine rings is 1. The van der Waals surface area contributed by atoms with Crippen LogP contribution in [0.25, 0.3) is 0 Å². The van der Waals surface area contributed by atoms with Gasteiger partial charge in [-0.15, -0.1) is 0 Å². The Morgan fingerprint density at radius 3 is 2.56 bits per heavy atom. The second kappa shape index (κ2) is 8.63. The Hall–Kier alpha value is -2.24. The number of rotatable bonds is 6. The molecule has 7 heteroatoms. The topological polar surface area (TPSA) is 82.4 Å². The maximum absolute atomic E-state index is 12.9. The number of hydrogen-bond acceptors (Lipinski definition) is 5. The summed E-state index contributed by atoms with van der Waals surface area (Å²) in [7, 11) is -3.76. The van der Waals surface area contributed by atoms with Crippen molar-refractivity contribution >= 4 is 10.0 Å². The van der Waals surface area contributed by atoms with Gasteiger partial charge in [0.25, 0.3) is 0 Å². The molecule has 0 amide bonds. The number of ether oxygens (including phenoxy) is 1.